The van der Waals surface area contributed by atoms with Gasteiger partial charge in [-0.25, -0.2) is 0 Å². The molecule has 1 aliphatic heterocycles. The van der Waals surface area contributed by atoms with Crippen LogP contribution < -0.4 is 16.2 Å². The smallest absolute Gasteiger partial charge is 0.264 e. The minimum Gasteiger partial charge on any atom is -0.345 e. The summed E-state index contributed by atoms with van der Waals surface area (Å²) in [7, 11) is 3.66. The second-order valence-electron chi connectivity index (χ2n) is 8.94. The van der Waals surface area contributed by atoms with E-state index in [1.165, 1.54) is 0 Å². The molecule has 2 bridgehead atoms. The molecule has 0 radical (unpaired) electrons. The zero-order chi connectivity index (χ0) is 21.4. The summed E-state index contributed by atoms with van der Waals surface area (Å²) in [6.45, 7) is 1.70. The van der Waals surface area contributed by atoms with E-state index in [2.05, 4.69) is 15.0 Å². The SMILES string of the molecule is Cn1cc2c(Cl)c(-c3c[nH]c4nc(N5C[C@H]6CC[C@@H](C5)[C@H]6N)n(C)c(=O)c34)ccc2n1. The summed E-state index contributed by atoms with van der Waals surface area (Å²) in [4.78, 5) is 23.7. The lowest BCUT2D eigenvalue weighted by atomic mass is 9.93. The molecule has 8 nitrogen and oxygen atoms in total. The second kappa shape index (κ2) is 6.58. The number of halogens is 1. The molecule has 9 heteroatoms. The van der Waals surface area contributed by atoms with Crippen molar-refractivity contribution in [2.45, 2.75) is 18.9 Å². The van der Waals surface area contributed by atoms with E-state index >= 15 is 0 Å². The largest absolute Gasteiger partial charge is 0.345 e. The van der Waals surface area contributed by atoms with Crippen molar-refractivity contribution in [1.82, 2.24) is 24.3 Å². The molecule has 6 rings (SSSR count). The Morgan fingerprint density at radius 3 is 2.65 bits per heavy atom. The molecule has 160 valence electrons. The number of rotatable bonds is 2. The Hall–Kier alpha value is -2.84. The Kier molecular flexibility index (Phi) is 4.01. The molecule has 1 aromatic carbocycles. The molecule has 2 aliphatic rings. The van der Waals surface area contributed by atoms with Crippen LogP contribution in [0.25, 0.3) is 33.1 Å². The fraction of sp³-hybridized carbons (Fsp3) is 0.409. The Balaban J connectivity index is 1.48. The Morgan fingerprint density at radius 2 is 1.90 bits per heavy atom. The van der Waals surface area contributed by atoms with Crippen LogP contribution in [0.15, 0.2) is 29.3 Å². The summed E-state index contributed by atoms with van der Waals surface area (Å²) in [6, 6.07) is 4.10. The third-order valence-corrected chi connectivity index (χ3v) is 7.51. The maximum absolute atomic E-state index is 13.5. The van der Waals surface area contributed by atoms with Gasteiger partial charge in [0.05, 0.1) is 15.9 Å². The molecule has 2 fully saturated rings. The number of nitrogens with zero attached hydrogens (tertiary/aromatic N) is 5. The minimum absolute atomic E-state index is 0.0826. The number of benzene rings is 1. The van der Waals surface area contributed by atoms with E-state index in [0.29, 0.717) is 33.8 Å². The van der Waals surface area contributed by atoms with Crippen LogP contribution in [0.1, 0.15) is 12.8 Å². The molecule has 3 N–H and O–H groups in total. The highest BCUT2D eigenvalue weighted by molar-refractivity contribution is 6.38. The van der Waals surface area contributed by atoms with E-state index in [4.69, 9.17) is 22.3 Å². The van der Waals surface area contributed by atoms with E-state index < -0.39 is 0 Å². The molecule has 0 spiro atoms. The van der Waals surface area contributed by atoms with Crippen LogP contribution in [0.5, 0.6) is 0 Å². The van der Waals surface area contributed by atoms with Gasteiger partial charge < -0.3 is 15.6 Å². The van der Waals surface area contributed by atoms with Gasteiger partial charge in [-0.2, -0.15) is 10.1 Å². The third kappa shape index (κ3) is 2.68. The van der Waals surface area contributed by atoms with E-state index in [-0.39, 0.29) is 11.6 Å². The fourth-order valence-corrected chi connectivity index (χ4v) is 5.77. The van der Waals surface area contributed by atoms with Crippen molar-refractivity contribution in [3.63, 3.8) is 0 Å². The highest BCUT2D eigenvalue weighted by atomic mass is 35.5. The number of nitrogens with two attached hydrogens (primary N) is 1. The molecule has 1 saturated heterocycles. The molecule has 31 heavy (non-hydrogen) atoms. The molecule has 4 aromatic rings. The predicted octanol–water partition coefficient (Wildman–Crippen LogP) is 2.64. The molecule has 1 aliphatic carbocycles. The van der Waals surface area contributed by atoms with Crippen molar-refractivity contribution in [1.29, 1.82) is 0 Å². The molecule has 3 aromatic heterocycles. The second-order valence-corrected chi connectivity index (χ2v) is 9.32. The maximum Gasteiger partial charge on any atom is 0.264 e. The van der Waals surface area contributed by atoms with Crippen LogP contribution in [-0.4, -0.2) is 43.4 Å². The number of aromatic nitrogens is 5. The van der Waals surface area contributed by atoms with Crippen LogP contribution >= 0.6 is 11.6 Å². The van der Waals surface area contributed by atoms with Crippen molar-refractivity contribution >= 4 is 39.5 Å². The van der Waals surface area contributed by atoms with E-state index in [0.717, 1.165) is 48.0 Å². The van der Waals surface area contributed by atoms with Gasteiger partial charge in [0.1, 0.15) is 5.65 Å². The first kappa shape index (κ1) is 18.9. The predicted molar refractivity (Wildman–Crippen MR) is 122 cm³/mol. The number of anilines is 1. The number of aryl methyl sites for hydroxylation is 1. The average Bonchev–Trinajstić information content (AvgIpc) is 3.38. The third-order valence-electron chi connectivity index (χ3n) is 7.11. The summed E-state index contributed by atoms with van der Waals surface area (Å²) in [5.74, 6) is 1.63. The number of aromatic amines is 1. The summed E-state index contributed by atoms with van der Waals surface area (Å²) in [5.41, 5.74) is 9.24. The van der Waals surface area contributed by atoms with Crippen LogP contribution in [-0.2, 0) is 14.1 Å². The summed E-state index contributed by atoms with van der Waals surface area (Å²) in [6.07, 6.45) is 6.02. The van der Waals surface area contributed by atoms with E-state index in [1.807, 2.05) is 31.6 Å². The monoisotopic (exact) mass is 437 g/mol. The van der Waals surface area contributed by atoms with Gasteiger partial charge in [-0.3, -0.25) is 14.0 Å². The standard InChI is InChI=1S/C22H24ClN7O/c1-28-10-15-16(27-28)6-5-13(18(15)23)14-7-25-20-17(14)21(31)29(2)22(26-20)30-8-11-3-4-12(9-30)19(11)24/h5-7,10-12,19,25H,3-4,8-9,24H2,1-2H3/t11-,12+,19+. The molecule has 0 amide bonds. The van der Waals surface area contributed by atoms with Crippen molar-refractivity contribution < 1.29 is 0 Å². The lowest BCUT2D eigenvalue weighted by molar-refractivity contribution is 0.351. The number of H-pyrrole nitrogens is 1. The van der Waals surface area contributed by atoms with Crippen LogP contribution in [0.3, 0.4) is 0 Å². The van der Waals surface area contributed by atoms with Gasteiger partial charge in [-0.05, 0) is 30.7 Å². The highest BCUT2D eigenvalue weighted by Gasteiger charge is 2.40. The quantitative estimate of drug-likeness (QED) is 0.502. The topological polar surface area (TPSA) is 97.8 Å². The van der Waals surface area contributed by atoms with Gasteiger partial charge >= 0.3 is 0 Å². The van der Waals surface area contributed by atoms with Crippen LogP contribution in [0.4, 0.5) is 5.95 Å². The van der Waals surface area contributed by atoms with Crippen molar-refractivity contribution in [3.8, 4) is 11.1 Å². The zero-order valence-electron chi connectivity index (χ0n) is 17.5. The molecule has 1 saturated carbocycles. The highest BCUT2D eigenvalue weighted by Crippen LogP contribution is 2.38. The first-order chi connectivity index (χ1) is 14.9. The number of hydrogen-bond acceptors (Lipinski definition) is 5. The molecule has 3 atom stereocenters. The number of nitrogens with one attached hydrogen (secondary N) is 1. The maximum atomic E-state index is 13.5. The summed E-state index contributed by atoms with van der Waals surface area (Å²) in [5, 5.41) is 6.40. The van der Waals surface area contributed by atoms with Crippen LogP contribution in [0.2, 0.25) is 5.02 Å². The first-order valence-electron chi connectivity index (χ1n) is 10.6. The number of piperidine rings is 1. The molecule has 0 unspecified atom stereocenters. The average molecular weight is 438 g/mol. The first-order valence-corrected chi connectivity index (χ1v) is 11.0. The van der Waals surface area contributed by atoms with Gasteiger partial charge in [-0.15, -0.1) is 0 Å². The van der Waals surface area contributed by atoms with E-state index in [1.54, 1.807) is 16.3 Å². The molecular formula is C22H24ClN7O. The Labute approximate surface area is 183 Å². The molecular weight excluding hydrogens is 414 g/mol. The lowest BCUT2D eigenvalue weighted by Gasteiger charge is -2.37. The van der Waals surface area contributed by atoms with Crippen molar-refractivity contribution in [3.05, 3.63) is 39.9 Å². The number of hydrogen-bond donors (Lipinski definition) is 2. The van der Waals surface area contributed by atoms with Crippen molar-refractivity contribution in [2.24, 2.45) is 31.7 Å². The number of fused-ring (bicyclic) bond motifs is 4. The van der Waals surface area contributed by atoms with Gasteiger partial charge in [0, 0.05) is 62.1 Å². The van der Waals surface area contributed by atoms with Crippen molar-refractivity contribution in [2.75, 3.05) is 18.0 Å². The van der Waals surface area contributed by atoms with Gasteiger partial charge in [0.25, 0.3) is 5.56 Å². The van der Waals surface area contributed by atoms with E-state index in [9.17, 15) is 4.79 Å². The summed E-state index contributed by atoms with van der Waals surface area (Å²) < 4.78 is 3.40. The minimum atomic E-state index is -0.0826. The Bertz CT molecular complexity index is 1390. The normalized spacial score (nSPS) is 23.4. The molecule has 4 heterocycles. The Morgan fingerprint density at radius 1 is 1.16 bits per heavy atom. The summed E-state index contributed by atoms with van der Waals surface area (Å²) >= 11 is 6.73. The fourth-order valence-electron chi connectivity index (χ4n) is 5.46. The van der Waals surface area contributed by atoms with Gasteiger partial charge in [0.15, 0.2) is 0 Å². The zero-order valence-corrected chi connectivity index (χ0v) is 18.2. The van der Waals surface area contributed by atoms with Gasteiger partial charge in [0.2, 0.25) is 5.95 Å². The van der Waals surface area contributed by atoms with Crippen LogP contribution in [0, 0.1) is 11.8 Å². The lowest BCUT2D eigenvalue weighted by Crippen LogP contribution is -2.50. The van der Waals surface area contributed by atoms with Gasteiger partial charge in [-0.1, -0.05) is 17.7 Å².